The number of hydrogen-bond donors (Lipinski definition) is 1. The maximum atomic E-state index is 5.88. The highest BCUT2D eigenvalue weighted by molar-refractivity contribution is 5.60. The van der Waals surface area contributed by atoms with E-state index in [0.29, 0.717) is 0 Å². The van der Waals surface area contributed by atoms with Gasteiger partial charge in [-0.1, -0.05) is 26.8 Å². The quantitative estimate of drug-likeness (QED) is 0.696. The molecule has 0 aliphatic rings. The van der Waals surface area contributed by atoms with E-state index in [1.165, 1.54) is 5.56 Å². The first-order valence-electron chi connectivity index (χ1n) is 4.81. The van der Waals surface area contributed by atoms with Gasteiger partial charge in [0.25, 0.3) is 0 Å². The van der Waals surface area contributed by atoms with Crippen LogP contribution < -0.4 is 10.5 Å². The van der Waals surface area contributed by atoms with Crippen molar-refractivity contribution in [2.24, 2.45) is 0 Å². The number of nitrogens with two attached hydrogens (primary N) is 1. The van der Waals surface area contributed by atoms with Crippen LogP contribution in [0.3, 0.4) is 0 Å². The topological polar surface area (TPSA) is 35.2 Å². The van der Waals surface area contributed by atoms with E-state index in [9.17, 15) is 0 Å². The summed E-state index contributed by atoms with van der Waals surface area (Å²) >= 11 is 0. The van der Waals surface area contributed by atoms with Gasteiger partial charge >= 0.3 is 0 Å². The number of benzene rings is 1. The lowest BCUT2D eigenvalue weighted by Gasteiger charge is -2.21. The van der Waals surface area contributed by atoms with Crippen molar-refractivity contribution in [3.05, 3.63) is 23.3 Å². The molecule has 78 valence electrons. The second kappa shape index (κ2) is 3.52. The molecule has 0 amide bonds. The third kappa shape index (κ3) is 2.00. The van der Waals surface area contributed by atoms with Gasteiger partial charge in [0.2, 0.25) is 0 Å². The van der Waals surface area contributed by atoms with Crippen molar-refractivity contribution >= 4 is 5.69 Å². The molecular weight excluding hydrogens is 174 g/mol. The average molecular weight is 193 g/mol. The van der Waals surface area contributed by atoms with Crippen LogP contribution >= 0.6 is 0 Å². The fourth-order valence-corrected chi connectivity index (χ4v) is 1.37. The summed E-state index contributed by atoms with van der Waals surface area (Å²) < 4.78 is 5.24. The highest BCUT2D eigenvalue weighted by Gasteiger charge is 2.16. The van der Waals surface area contributed by atoms with Crippen molar-refractivity contribution < 1.29 is 4.74 Å². The van der Waals surface area contributed by atoms with Gasteiger partial charge in [-0.3, -0.25) is 0 Å². The molecule has 0 unspecified atom stereocenters. The van der Waals surface area contributed by atoms with Crippen LogP contribution in [0, 0.1) is 6.92 Å². The number of ether oxygens (including phenoxy) is 1. The zero-order chi connectivity index (χ0) is 10.9. The predicted molar refractivity (Wildman–Crippen MR) is 60.8 cm³/mol. The van der Waals surface area contributed by atoms with Gasteiger partial charge in [-0.05, 0) is 29.5 Å². The van der Waals surface area contributed by atoms with E-state index in [1.54, 1.807) is 7.11 Å². The molecule has 0 radical (unpaired) electrons. The Bertz CT molecular complexity index is 337. The van der Waals surface area contributed by atoms with Gasteiger partial charge in [0.15, 0.2) is 0 Å². The molecule has 2 nitrogen and oxygen atoms in total. The van der Waals surface area contributed by atoms with Crippen LogP contribution in [0.2, 0.25) is 0 Å². The lowest BCUT2D eigenvalue weighted by atomic mass is 9.86. The first-order valence-corrected chi connectivity index (χ1v) is 4.81. The van der Waals surface area contributed by atoms with Crippen molar-refractivity contribution in [1.29, 1.82) is 0 Å². The third-order valence-electron chi connectivity index (χ3n) is 2.43. The second-order valence-corrected chi connectivity index (χ2v) is 4.66. The molecule has 0 atom stereocenters. The highest BCUT2D eigenvalue weighted by atomic mass is 16.5. The normalized spacial score (nSPS) is 11.5. The molecule has 0 aliphatic carbocycles. The lowest BCUT2D eigenvalue weighted by molar-refractivity contribution is 0.414. The minimum absolute atomic E-state index is 0.131. The van der Waals surface area contributed by atoms with Crippen LogP contribution in [-0.2, 0) is 5.41 Å². The Morgan fingerprint density at radius 3 is 2.21 bits per heavy atom. The van der Waals surface area contributed by atoms with E-state index < -0.39 is 0 Å². The molecule has 2 heteroatoms. The molecule has 14 heavy (non-hydrogen) atoms. The van der Waals surface area contributed by atoms with Crippen LogP contribution in [0.15, 0.2) is 12.1 Å². The Labute approximate surface area is 86.1 Å². The summed E-state index contributed by atoms with van der Waals surface area (Å²) in [7, 11) is 1.65. The van der Waals surface area contributed by atoms with Crippen molar-refractivity contribution in [3.63, 3.8) is 0 Å². The first-order chi connectivity index (χ1) is 6.36. The first kappa shape index (κ1) is 10.9. The number of anilines is 1. The molecule has 0 aromatic heterocycles. The maximum Gasteiger partial charge on any atom is 0.142 e. The van der Waals surface area contributed by atoms with E-state index >= 15 is 0 Å². The predicted octanol–water partition coefficient (Wildman–Crippen LogP) is 2.88. The fraction of sp³-hybridized carbons (Fsp3) is 0.500. The Kier molecular flexibility index (Phi) is 2.74. The van der Waals surface area contributed by atoms with Crippen LogP contribution in [0.5, 0.6) is 5.75 Å². The average Bonchev–Trinajstić information content (AvgIpc) is 2.07. The Morgan fingerprint density at radius 1 is 1.21 bits per heavy atom. The minimum Gasteiger partial charge on any atom is -0.495 e. The molecule has 0 heterocycles. The Hall–Kier alpha value is -1.18. The third-order valence-corrected chi connectivity index (χ3v) is 2.43. The van der Waals surface area contributed by atoms with E-state index in [1.807, 2.05) is 13.0 Å². The fourth-order valence-electron chi connectivity index (χ4n) is 1.37. The molecule has 0 saturated heterocycles. The SMILES string of the molecule is COc1cc(C(C)(C)C)cc(C)c1N. The molecule has 0 fully saturated rings. The van der Waals surface area contributed by atoms with Gasteiger partial charge in [0.05, 0.1) is 12.8 Å². The molecule has 0 saturated carbocycles. The molecule has 1 aromatic carbocycles. The van der Waals surface area contributed by atoms with Gasteiger partial charge in [-0.15, -0.1) is 0 Å². The zero-order valence-corrected chi connectivity index (χ0v) is 9.64. The number of rotatable bonds is 1. The summed E-state index contributed by atoms with van der Waals surface area (Å²) in [6, 6.07) is 4.14. The van der Waals surface area contributed by atoms with Gasteiger partial charge < -0.3 is 10.5 Å². The maximum absolute atomic E-state index is 5.88. The number of methoxy groups -OCH3 is 1. The summed E-state index contributed by atoms with van der Waals surface area (Å²) in [5.74, 6) is 0.773. The molecule has 0 spiro atoms. The molecule has 1 aromatic rings. The summed E-state index contributed by atoms with van der Waals surface area (Å²) in [4.78, 5) is 0. The molecular formula is C12H19NO. The summed E-state index contributed by atoms with van der Waals surface area (Å²) in [6.45, 7) is 8.54. The van der Waals surface area contributed by atoms with E-state index in [2.05, 4.69) is 26.8 Å². The van der Waals surface area contributed by atoms with Crippen molar-refractivity contribution in [3.8, 4) is 5.75 Å². The standard InChI is InChI=1S/C12H19NO/c1-8-6-9(12(2,3)4)7-10(14-5)11(8)13/h6-7H,13H2,1-5H3. The van der Waals surface area contributed by atoms with Crippen molar-refractivity contribution in [2.75, 3.05) is 12.8 Å². The lowest BCUT2D eigenvalue weighted by Crippen LogP contribution is -2.12. The summed E-state index contributed by atoms with van der Waals surface area (Å²) in [5, 5.41) is 0. The Balaban J connectivity index is 3.30. The van der Waals surface area contributed by atoms with E-state index in [4.69, 9.17) is 10.5 Å². The van der Waals surface area contributed by atoms with Crippen LogP contribution in [-0.4, -0.2) is 7.11 Å². The highest BCUT2D eigenvalue weighted by Crippen LogP contribution is 2.32. The van der Waals surface area contributed by atoms with E-state index in [0.717, 1.165) is 17.0 Å². The van der Waals surface area contributed by atoms with Gasteiger partial charge in [-0.2, -0.15) is 0 Å². The van der Waals surface area contributed by atoms with Crippen LogP contribution in [0.25, 0.3) is 0 Å². The van der Waals surface area contributed by atoms with Crippen LogP contribution in [0.4, 0.5) is 5.69 Å². The molecule has 1 rings (SSSR count). The van der Waals surface area contributed by atoms with Crippen LogP contribution in [0.1, 0.15) is 31.9 Å². The number of aryl methyl sites for hydroxylation is 1. The molecule has 2 N–H and O–H groups in total. The monoisotopic (exact) mass is 193 g/mol. The zero-order valence-electron chi connectivity index (χ0n) is 9.64. The smallest absolute Gasteiger partial charge is 0.142 e. The number of hydrogen-bond acceptors (Lipinski definition) is 2. The largest absolute Gasteiger partial charge is 0.495 e. The molecule has 0 aliphatic heterocycles. The molecule has 0 bridgehead atoms. The summed E-state index contributed by atoms with van der Waals surface area (Å²) in [5.41, 5.74) is 9.08. The Morgan fingerprint density at radius 2 is 1.79 bits per heavy atom. The van der Waals surface area contributed by atoms with Crippen molar-refractivity contribution in [1.82, 2.24) is 0 Å². The van der Waals surface area contributed by atoms with Gasteiger partial charge in [0, 0.05) is 0 Å². The van der Waals surface area contributed by atoms with Gasteiger partial charge in [0.1, 0.15) is 5.75 Å². The summed E-state index contributed by atoms with van der Waals surface area (Å²) in [6.07, 6.45) is 0. The van der Waals surface area contributed by atoms with E-state index in [-0.39, 0.29) is 5.41 Å². The minimum atomic E-state index is 0.131. The van der Waals surface area contributed by atoms with Gasteiger partial charge in [-0.25, -0.2) is 0 Å². The number of nitrogen functional groups attached to an aromatic ring is 1. The second-order valence-electron chi connectivity index (χ2n) is 4.66. The van der Waals surface area contributed by atoms with Crippen molar-refractivity contribution in [2.45, 2.75) is 33.1 Å².